The summed E-state index contributed by atoms with van der Waals surface area (Å²) in [7, 11) is 3.18. The van der Waals surface area contributed by atoms with E-state index in [2.05, 4.69) is 5.32 Å². The van der Waals surface area contributed by atoms with E-state index in [0.29, 0.717) is 18.0 Å². The summed E-state index contributed by atoms with van der Waals surface area (Å²) < 4.78 is 10.4. The number of hydrogen-bond acceptors (Lipinski definition) is 4. The minimum absolute atomic E-state index is 0.00843. The molecule has 0 unspecified atom stereocenters. The fraction of sp³-hybridized carbons (Fsp3) is 0.500. The van der Waals surface area contributed by atoms with Crippen molar-refractivity contribution in [1.29, 1.82) is 0 Å². The normalized spacial score (nSPS) is 12.3. The molecule has 0 radical (unpaired) electrons. The molecule has 0 saturated heterocycles. The zero-order valence-corrected chi connectivity index (χ0v) is 11.8. The molecule has 0 bridgehead atoms. The molecule has 0 aliphatic heterocycles. The van der Waals surface area contributed by atoms with Crippen molar-refractivity contribution >= 4 is 5.97 Å². The molecule has 0 saturated carbocycles. The number of benzene rings is 1. The Balaban J connectivity index is 2.83. The molecular weight excluding hydrogens is 246 g/mol. The van der Waals surface area contributed by atoms with Crippen LogP contribution in [0.3, 0.4) is 0 Å². The van der Waals surface area contributed by atoms with Crippen molar-refractivity contribution in [3.05, 3.63) is 23.8 Å². The van der Waals surface area contributed by atoms with Crippen LogP contribution in [0.15, 0.2) is 18.2 Å². The zero-order valence-electron chi connectivity index (χ0n) is 11.8. The highest BCUT2D eigenvalue weighted by molar-refractivity contribution is 5.73. The van der Waals surface area contributed by atoms with E-state index >= 15 is 0 Å². The maximum Gasteiger partial charge on any atom is 0.320 e. The predicted molar refractivity (Wildman–Crippen MR) is 72.6 cm³/mol. The molecule has 106 valence electrons. The highest BCUT2D eigenvalue weighted by atomic mass is 16.5. The predicted octanol–water partition coefficient (Wildman–Crippen LogP) is 1.90. The van der Waals surface area contributed by atoms with Crippen molar-refractivity contribution in [2.45, 2.75) is 26.4 Å². The van der Waals surface area contributed by atoms with Gasteiger partial charge in [-0.2, -0.15) is 0 Å². The first kappa shape index (κ1) is 15.3. The van der Waals surface area contributed by atoms with Gasteiger partial charge in [0.25, 0.3) is 0 Å². The highest BCUT2D eigenvalue weighted by Crippen LogP contribution is 2.24. The summed E-state index contributed by atoms with van der Waals surface area (Å²) in [5.74, 6) is 0.584. The summed E-state index contributed by atoms with van der Waals surface area (Å²) in [6, 6.07) is 4.86. The van der Waals surface area contributed by atoms with Crippen molar-refractivity contribution in [3.63, 3.8) is 0 Å². The van der Waals surface area contributed by atoms with E-state index < -0.39 is 12.0 Å². The van der Waals surface area contributed by atoms with Gasteiger partial charge in [0, 0.05) is 12.1 Å². The third-order valence-corrected chi connectivity index (χ3v) is 2.93. The number of carbonyl (C=O) groups is 1. The lowest BCUT2D eigenvalue weighted by atomic mass is 10.0. The van der Waals surface area contributed by atoms with Gasteiger partial charge in [-0.25, -0.2) is 0 Å². The van der Waals surface area contributed by atoms with Gasteiger partial charge in [0.15, 0.2) is 0 Å². The molecule has 5 heteroatoms. The van der Waals surface area contributed by atoms with E-state index in [-0.39, 0.29) is 5.92 Å². The Morgan fingerprint density at radius 3 is 2.47 bits per heavy atom. The number of rotatable bonds is 7. The molecule has 0 heterocycles. The lowest BCUT2D eigenvalue weighted by Gasteiger charge is -2.19. The van der Waals surface area contributed by atoms with Crippen molar-refractivity contribution in [3.8, 4) is 11.5 Å². The molecule has 0 aliphatic carbocycles. The van der Waals surface area contributed by atoms with Crippen molar-refractivity contribution in [2.24, 2.45) is 5.92 Å². The van der Waals surface area contributed by atoms with Gasteiger partial charge in [-0.3, -0.25) is 10.1 Å². The Morgan fingerprint density at radius 1 is 1.32 bits per heavy atom. The fourth-order valence-corrected chi connectivity index (χ4v) is 1.85. The largest absolute Gasteiger partial charge is 0.497 e. The second kappa shape index (κ2) is 6.99. The van der Waals surface area contributed by atoms with Gasteiger partial charge in [-0.05, 0) is 24.1 Å². The number of methoxy groups -OCH3 is 2. The average Bonchev–Trinajstić information content (AvgIpc) is 2.37. The maximum atomic E-state index is 11.1. The number of ether oxygens (including phenoxy) is 2. The van der Waals surface area contributed by atoms with Crippen LogP contribution in [0.5, 0.6) is 11.5 Å². The monoisotopic (exact) mass is 267 g/mol. The van der Waals surface area contributed by atoms with E-state index in [1.165, 1.54) is 0 Å². The molecule has 0 aromatic heterocycles. The van der Waals surface area contributed by atoms with Crippen molar-refractivity contribution < 1.29 is 19.4 Å². The number of nitrogens with one attached hydrogen (secondary N) is 1. The standard InChI is InChI=1S/C14H21NO4/c1-9(2)13(14(16)17)15-8-10-7-11(18-3)5-6-12(10)19-4/h5-7,9,13,15H,8H2,1-4H3,(H,16,17)/t13-/m1/s1. The van der Waals surface area contributed by atoms with Gasteiger partial charge in [-0.15, -0.1) is 0 Å². The van der Waals surface area contributed by atoms with Gasteiger partial charge in [0.05, 0.1) is 14.2 Å². The van der Waals surface area contributed by atoms with Crippen LogP contribution in [0.4, 0.5) is 0 Å². The van der Waals surface area contributed by atoms with E-state index in [9.17, 15) is 4.79 Å². The lowest BCUT2D eigenvalue weighted by molar-refractivity contribution is -0.140. The van der Waals surface area contributed by atoms with E-state index in [1.54, 1.807) is 26.4 Å². The van der Waals surface area contributed by atoms with Crippen LogP contribution in [-0.4, -0.2) is 31.3 Å². The molecular formula is C14H21NO4. The third-order valence-electron chi connectivity index (χ3n) is 2.93. The van der Waals surface area contributed by atoms with Crippen molar-refractivity contribution in [2.75, 3.05) is 14.2 Å². The SMILES string of the molecule is COc1ccc(OC)c(CN[C@@H](C(=O)O)C(C)C)c1. The molecule has 1 aromatic rings. The summed E-state index contributed by atoms with van der Waals surface area (Å²) in [5, 5.41) is 12.2. The lowest BCUT2D eigenvalue weighted by Crippen LogP contribution is -2.40. The molecule has 1 rings (SSSR count). The first-order valence-electron chi connectivity index (χ1n) is 6.16. The molecule has 0 amide bonds. The van der Waals surface area contributed by atoms with Crippen molar-refractivity contribution in [1.82, 2.24) is 5.32 Å². The van der Waals surface area contributed by atoms with Crippen LogP contribution in [0.1, 0.15) is 19.4 Å². The first-order valence-corrected chi connectivity index (χ1v) is 6.16. The molecule has 2 N–H and O–H groups in total. The smallest absolute Gasteiger partial charge is 0.320 e. The Bertz CT molecular complexity index is 431. The quantitative estimate of drug-likeness (QED) is 0.789. The van der Waals surface area contributed by atoms with Gasteiger partial charge >= 0.3 is 5.97 Å². The second-order valence-electron chi connectivity index (χ2n) is 4.62. The van der Waals surface area contributed by atoms with E-state index in [0.717, 1.165) is 5.56 Å². The summed E-state index contributed by atoms with van der Waals surface area (Å²) in [5.41, 5.74) is 0.869. The van der Waals surface area contributed by atoms with Crippen LogP contribution < -0.4 is 14.8 Å². The highest BCUT2D eigenvalue weighted by Gasteiger charge is 2.21. The van der Waals surface area contributed by atoms with Gasteiger partial charge in [0.1, 0.15) is 17.5 Å². The molecule has 1 atom stereocenters. The molecule has 19 heavy (non-hydrogen) atoms. The van der Waals surface area contributed by atoms with Crippen LogP contribution in [0.25, 0.3) is 0 Å². The minimum atomic E-state index is -0.850. The summed E-state index contributed by atoms with van der Waals surface area (Å²) >= 11 is 0. The topological polar surface area (TPSA) is 67.8 Å². The number of hydrogen-bond donors (Lipinski definition) is 2. The zero-order chi connectivity index (χ0) is 14.4. The summed E-state index contributed by atoms with van der Waals surface area (Å²) in [6.45, 7) is 4.15. The Hall–Kier alpha value is -1.75. The first-order chi connectivity index (χ1) is 8.99. The number of aliphatic carboxylic acids is 1. The number of carboxylic acids is 1. The molecule has 1 aromatic carbocycles. The molecule has 0 aliphatic rings. The summed E-state index contributed by atoms with van der Waals surface area (Å²) in [4.78, 5) is 11.1. The Morgan fingerprint density at radius 2 is 2.00 bits per heavy atom. The number of carboxylic acid groups (broad SMARTS) is 1. The summed E-state index contributed by atoms with van der Waals surface area (Å²) in [6.07, 6.45) is 0. The van der Waals surface area contributed by atoms with E-state index in [1.807, 2.05) is 19.9 Å². The van der Waals surface area contributed by atoms with Gasteiger partial charge in [0.2, 0.25) is 0 Å². The van der Waals surface area contributed by atoms with Gasteiger partial charge < -0.3 is 14.6 Å². The molecule has 5 nitrogen and oxygen atoms in total. The van der Waals surface area contributed by atoms with Crippen LogP contribution in [0.2, 0.25) is 0 Å². The fourth-order valence-electron chi connectivity index (χ4n) is 1.85. The van der Waals surface area contributed by atoms with E-state index in [4.69, 9.17) is 14.6 Å². The van der Waals surface area contributed by atoms with Crippen LogP contribution in [0, 0.1) is 5.92 Å². The molecule has 0 spiro atoms. The minimum Gasteiger partial charge on any atom is -0.497 e. The maximum absolute atomic E-state index is 11.1. The molecule has 0 fully saturated rings. The van der Waals surface area contributed by atoms with Gasteiger partial charge in [-0.1, -0.05) is 13.8 Å². The van der Waals surface area contributed by atoms with Crippen LogP contribution in [-0.2, 0) is 11.3 Å². The average molecular weight is 267 g/mol. The third kappa shape index (κ3) is 4.13. The Kier molecular flexibility index (Phi) is 5.63. The van der Waals surface area contributed by atoms with Crippen LogP contribution >= 0.6 is 0 Å². The Labute approximate surface area is 113 Å². The second-order valence-corrected chi connectivity index (χ2v) is 4.62.